The molecule has 1 amide bonds. The predicted octanol–water partition coefficient (Wildman–Crippen LogP) is 2.73. The van der Waals surface area contributed by atoms with E-state index < -0.39 is 12.6 Å². The maximum absolute atomic E-state index is 13.1. The Morgan fingerprint density at radius 3 is 2.79 bits per heavy atom. The van der Waals surface area contributed by atoms with Crippen molar-refractivity contribution in [1.29, 1.82) is 0 Å². The number of piperidine rings is 1. The number of hydrogen-bond acceptors (Lipinski definition) is 7. The highest BCUT2D eigenvalue weighted by Gasteiger charge is 2.34. The largest absolute Gasteiger partial charge is 0.477 e. The summed E-state index contributed by atoms with van der Waals surface area (Å²) in [7, 11) is 1.55. The number of nitrogens with zero attached hydrogens (tertiary/aromatic N) is 3. The number of alkyl halides is 1. The first-order chi connectivity index (χ1) is 13.9. The minimum Gasteiger partial charge on any atom is -0.477 e. The molecule has 0 spiro atoms. The molecule has 1 fully saturated rings. The fourth-order valence-corrected chi connectivity index (χ4v) is 4.63. The highest BCUT2D eigenvalue weighted by molar-refractivity contribution is 7.17. The Hall–Kier alpha value is -2.04. The van der Waals surface area contributed by atoms with Crippen LogP contribution in [0.2, 0.25) is 0 Å². The van der Waals surface area contributed by atoms with Crippen LogP contribution in [0.4, 0.5) is 9.52 Å². The molecule has 0 aromatic carbocycles. The van der Waals surface area contributed by atoms with Gasteiger partial charge in [-0.2, -0.15) is 0 Å². The van der Waals surface area contributed by atoms with Gasteiger partial charge in [-0.05, 0) is 18.4 Å². The Kier molecular flexibility index (Phi) is 6.86. The number of halogens is 2. The van der Waals surface area contributed by atoms with Crippen molar-refractivity contribution in [2.45, 2.75) is 45.0 Å². The predicted molar refractivity (Wildman–Crippen MR) is 109 cm³/mol. The second kappa shape index (κ2) is 9.19. The number of thiazole rings is 1. The summed E-state index contributed by atoms with van der Waals surface area (Å²) in [6, 6.07) is -0.240. The molecule has 1 saturated heterocycles. The molecule has 2 N–H and O–H groups in total. The Labute approximate surface area is 176 Å². The second-order valence-electron chi connectivity index (χ2n) is 6.78. The van der Waals surface area contributed by atoms with Gasteiger partial charge >= 0.3 is 5.97 Å². The second-order valence-corrected chi connectivity index (χ2v) is 8.12. The van der Waals surface area contributed by atoms with Gasteiger partial charge in [0, 0.05) is 26.6 Å². The topological polar surface area (TPSA) is 104 Å². The number of allylic oxidation sites excluding steroid dienone is 1. The van der Waals surface area contributed by atoms with Crippen molar-refractivity contribution < 1.29 is 23.8 Å². The monoisotopic (exact) mass is 444 g/mol. The summed E-state index contributed by atoms with van der Waals surface area (Å²) < 4.78 is 18.6. The molecule has 29 heavy (non-hydrogen) atoms. The zero-order valence-electron chi connectivity index (χ0n) is 16.1. The Morgan fingerprint density at radius 2 is 2.24 bits per heavy atom. The van der Waals surface area contributed by atoms with E-state index in [1.807, 2.05) is 11.8 Å². The minimum absolute atomic E-state index is 0.0720. The first kappa shape index (κ1) is 21.7. The number of amides is 1. The van der Waals surface area contributed by atoms with Gasteiger partial charge in [-0.3, -0.25) is 4.79 Å². The van der Waals surface area contributed by atoms with E-state index >= 15 is 0 Å². The van der Waals surface area contributed by atoms with E-state index in [0.29, 0.717) is 41.9 Å². The number of carboxylic acid groups (broad SMARTS) is 1. The number of aliphatic imine (C=N–C) groups is 1. The standard InChI is InChI=1S/C18H22ClFN4O4S/c1-3-9-6-11(21-15(9)19)16(25)22-10-4-5-24(8-13(10)28-2)18-23-12(7-20)14(29-18)17(26)27/h10,13H,3-8H2,1-2H3,(H,22,25)(H,26,27)/t10-,13+/m1/s1. The molecule has 8 nitrogen and oxygen atoms in total. The van der Waals surface area contributed by atoms with Gasteiger partial charge in [0.1, 0.15) is 22.4 Å². The zero-order chi connectivity index (χ0) is 21.1. The lowest BCUT2D eigenvalue weighted by atomic mass is 10.0. The maximum atomic E-state index is 13.1. The van der Waals surface area contributed by atoms with E-state index in [2.05, 4.69) is 15.3 Å². The van der Waals surface area contributed by atoms with Crippen molar-refractivity contribution >= 4 is 45.7 Å². The molecule has 0 saturated carbocycles. The Morgan fingerprint density at radius 1 is 1.48 bits per heavy atom. The van der Waals surface area contributed by atoms with Gasteiger partial charge < -0.3 is 20.1 Å². The average molecular weight is 445 g/mol. The lowest BCUT2D eigenvalue weighted by Crippen LogP contribution is -2.55. The molecule has 1 aromatic rings. The zero-order valence-corrected chi connectivity index (χ0v) is 17.6. The number of ether oxygens (including phenoxy) is 1. The van der Waals surface area contributed by atoms with Crippen LogP contribution in [-0.2, 0) is 16.2 Å². The summed E-state index contributed by atoms with van der Waals surface area (Å²) in [6.45, 7) is 1.95. The van der Waals surface area contributed by atoms with Gasteiger partial charge in [0.25, 0.3) is 5.91 Å². The molecule has 11 heteroatoms. The van der Waals surface area contributed by atoms with E-state index in [4.69, 9.17) is 16.3 Å². The summed E-state index contributed by atoms with van der Waals surface area (Å²) in [5.74, 6) is -1.46. The molecule has 2 aliphatic heterocycles. The molecule has 2 atom stereocenters. The Balaban J connectivity index is 1.65. The number of rotatable bonds is 7. The quantitative estimate of drug-likeness (QED) is 0.626. The van der Waals surface area contributed by atoms with Crippen molar-refractivity contribution in [3.63, 3.8) is 0 Å². The van der Waals surface area contributed by atoms with Crippen molar-refractivity contribution in [3.8, 4) is 0 Å². The third-order valence-electron chi connectivity index (χ3n) is 5.05. The molecular weight excluding hydrogens is 423 g/mol. The van der Waals surface area contributed by atoms with Crippen LogP contribution in [0.1, 0.15) is 41.6 Å². The van der Waals surface area contributed by atoms with E-state index in [1.54, 1.807) is 7.11 Å². The van der Waals surface area contributed by atoms with Crippen molar-refractivity contribution in [1.82, 2.24) is 10.3 Å². The summed E-state index contributed by atoms with van der Waals surface area (Å²) in [5, 5.41) is 13.0. The minimum atomic E-state index is -1.19. The highest BCUT2D eigenvalue weighted by Crippen LogP contribution is 2.30. The molecule has 0 aliphatic carbocycles. The van der Waals surface area contributed by atoms with Crippen LogP contribution < -0.4 is 10.2 Å². The van der Waals surface area contributed by atoms with E-state index in [0.717, 1.165) is 23.3 Å². The van der Waals surface area contributed by atoms with Crippen LogP contribution in [0, 0.1) is 0 Å². The van der Waals surface area contributed by atoms with Gasteiger partial charge in [0.05, 0.1) is 17.8 Å². The number of methoxy groups -OCH3 is 1. The summed E-state index contributed by atoms with van der Waals surface area (Å²) in [6.07, 6.45) is 1.41. The molecule has 1 aromatic heterocycles. The van der Waals surface area contributed by atoms with E-state index in [9.17, 15) is 19.1 Å². The third-order valence-corrected chi connectivity index (χ3v) is 6.55. The third kappa shape index (κ3) is 4.59. The Bertz CT molecular complexity index is 872. The normalized spacial score (nSPS) is 22.1. The number of nitrogens with one attached hydrogen (secondary N) is 1. The average Bonchev–Trinajstić information content (AvgIpc) is 3.31. The molecule has 158 valence electrons. The van der Waals surface area contributed by atoms with Gasteiger partial charge in [0.15, 0.2) is 5.13 Å². The molecule has 3 rings (SSSR count). The van der Waals surface area contributed by atoms with Crippen LogP contribution in [0.25, 0.3) is 0 Å². The summed E-state index contributed by atoms with van der Waals surface area (Å²) in [5.41, 5.74) is 1.26. The van der Waals surface area contributed by atoms with Gasteiger partial charge in [-0.15, -0.1) is 0 Å². The number of carbonyl (C=O) groups excluding carboxylic acids is 1. The van der Waals surface area contributed by atoms with Crippen LogP contribution in [-0.4, -0.2) is 60.0 Å². The molecule has 0 bridgehead atoms. The molecule has 2 aliphatic rings. The van der Waals surface area contributed by atoms with E-state index in [-0.39, 0.29) is 28.6 Å². The number of aromatic nitrogens is 1. The number of aromatic carboxylic acids is 1. The van der Waals surface area contributed by atoms with Gasteiger partial charge in [-0.25, -0.2) is 19.2 Å². The lowest BCUT2D eigenvalue weighted by Gasteiger charge is -2.37. The number of anilines is 1. The summed E-state index contributed by atoms with van der Waals surface area (Å²) in [4.78, 5) is 33.9. The molecule has 0 unspecified atom stereocenters. The molecular formula is C18H22ClFN4O4S. The number of carbonyl (C=O) groups is 2. The fraction of sp³-hybridized carbons (Fsp3) is 0.556. The first-order valence-electron chi connectivity index (χ1n) is 9.20. The van der Waals surface area contributed by atoms with E-state index in [1.165, 1.54) is 0 Å². The highest BCUT2D eigenvalue weighted by atomic mass is 35.5. The lowest BCUT2D eigenvalue weighted by molar-refractivity contribution is -0.116. The van der Waals surface area contributed by atoms with Crippen LogP contribution in [0.15, 0.2) is 15.7 Å². The van der Waals surface area contributed by atoms with Gasteiger partial charge in [0.2, 0.25) is 0 Å². The first-order valence-corrected chi connectivity index (χ1v) is 10.4. The fourth-order valence-electron chi connectivity index (χ4n) is 3.39. The summed E-state index contributed by atoms with van der Waals surface area (Å²) >= 11 is 7.00. The number of hydrogen-bond donors (Lipinski definition) is 2. The van der Waals surface area contributed by atoms with Crippen molar-refractivity contribution in [2.75, 3.05) is 25.1 Å². The van der Waals surface area contributed by atoms with Crippen LogP contribution in [0.3, 0.4) is 0 Å². The van der Waals surface area contributed by atoms with Crippen molar-refractivity contribution in [3.05, 3.63) is 21.3 Å². The van der Waals surface area contributed by atoms with Crippen LogP contribution >= 0.6 is 22.9 Å². The smallest absolute Gasteiger partial charge is 0.347 e. The van der Waals surface area contributed by atoms with Crippen molar-refractivity contribution in [2.24, 2.45) is 4.99 Å². The number of carboxylic acids is 1. The van der Waals surface area contributed by atoms with Crippen LogP contribution in [0.5, 0.6) is 0 Å². The molecule has 3 heterocycles. The molecule has 0 radical (unpaired) electrons. The SMILES string of the molecule is CCC1=C(Cl)N=C(C(=O)N[C@@H]2CCN(c3nc(CF)c(C(=O)O)s3)C[C@@H]2OC)C1. The van der Waals surface area contributed by atoms with Gasteiger partial charge in [-0.1, -0.05) is 29.9 Å². The maximum Gasteiger partial charge on any atom is 0.347 e.